The van der Waals surface area contributed by atoms with Gasteiger partial charge in [0, 0.05) is 37.9 Å². The van der Waals surface area contributed by atoms with E-state index in [1.165, 1.54) is 33.6 Å². The Bertz CT molecular complexity index is 747. The Morgan fingerprint density at radius 3 is 2.91 bits per heavy atom. The molecule has 0 atom stereocenters. The minimum Gasteiger partial charge on any atom is -0.466 e. The van der Waals surface area contributed by atoms with E-state index in [2.05, 4.69) is 40.4 Å². The summed E-state index contributed by atoms with van der Waals surface area (Å²) in [5.41, 5.74) is 1.19. The van der Waals surface area contributed by atoms with Crippen molar-refractivity contribution in [2.75, 3.05) is 19.0 Å². The fourth-order valence-electron chi connectivity index (χ4n) is 2.05. The Labute approximate surface area is 137 Å². The van der Waals surface area contributed by atoms with Crippen LogP contribution in [0.3, 0.4) is 0 Å². The summed E-state index contributed by atoms with van der Waals surface area (Å²) in [6.07, 6.45) is 5.41. The number of methoxy groups -OCH3 is 1. The molecule has 112 valence electrons. The van der Waals surface area contributed by atoms with Gasteiger partial charge in [-0.2, -0.15) is 0 Å². The summed E-state index contributed by atoms with van der Waals surface area (Å²) in [5, 5.41) is 3.43. The first-order valence-electron chi connectivity index (χ1n) is 6.82. The number of benzene rings is 1. The van der Waals surface area contributed by atoms with Crippen LogP contribution in [-0.2, 0) is 9.53 Å². The molecular weight excluding hydrogens is 314 g/mol. The summed E-state index contributed by atoms with van der Waals surface area (Å²) in [7, 11) is 1.38. The van der Waals surface area contributed by atoms with Crippen molar-refractivity contribution in [2.24, 2.45) is 0 Å². The van der Waals surface area contributed by atoms with Crippen LogP contribution in [0.2, 0.25) is 0 Å². The maximum atomic E-state index is 11.1. The van der Waals surface area contributed by atoms with Crippen molar-refractivity contribution < 1.29 is 9.53 Å². The van der Waals surface area contributed by atoms with Crippen molar-refractivity contribution >= 4 is 46.9 Å². The van der Waals surface area contributed by atoms with Crippen molar-refractivity contribution in [3.05, 3.63) is 57.1 Å². The van der Waals surface area contributed by atoms with Gasteiger partial charge in [0.15, 0.2) is 0 Å². The first-order valence-corrected chi connectivity index (χ1v) is 8.45. The monoisotopic (exact) mass is 329 g/mol. The lowest BCUT2D eigenvalue weighted by Crippen LogP contribution is -2.08. The van der Waals surface area contributed by atoms with Crippen molar-refractivity contribution in [3.8, 4) is 0 Å². The molecule has 1 aliphatic heterocycles. The third-order valence-corrected chi connectivity index (χ3v) is 5.21. The number of thiophene rings is 1. The van der Waals surface area contributed by atoms with E-state index in [9.17, 15) is 4.79 Å². The lowest BCUT2D eigenvalue weighted by Gasteiger charge is -2.19. The van der Waals surface area contributed by atoms with Gasteiger partial charge in [0.2, 0.25) is 0 Å². The molecule has 22 heavy (non-hydrogen) atoms. The van der Waals surface area contributed by atoms with Gasteiger partial charge in [-0.3, -0.25) is 0 Å². The van der Waals surface area contributed by atoms with E-state index in [1.54, 1.807) is 29.2 Å². The highest BCUT2D eigenvalue weighted by Gasteiger charge is 2.12. The SMILES string of the molecule is COC(=O)/C=C/c1ccc(/C=C2\CNc3ccccc3S2)s1. The first kappa shape index (κ1) is 14.9. The number of anilines is 1. The van der Waals surface area contributed by atoms with Crippen molar-refractivity contribution in [1.82, 2.24) is 0 Å². The zero-order valence-corrected chi connectivity index (χ0v) is 13.7. The van der Waals surface area contributed by atoms with Crippen LogP contribution in [0.4, 0.5) is 5.69 Å². The number of fused-ring (bicyclic) bond motifs is 1. The number of rotatable bonds is 3. The molecule has 1 aromatic heterocycles. The number of nitrogens with one attached hydrogen (secondary N) is 1. The zero-order valence-electron chi connectivity index (χ0n) is 12.0. The molecule has 0 saturated carbocycles. The molecular formula is C17H15NO2S2. The lowest BCUT2D eigenvalue weighted by atomic mass is 10.3. The molecule has 0 saturated heterocycles. The number of hydrogen-bond donors (Lipinski definition) is 1. The molecule has 0 bridgehead atoms. The van der Waals surface area contributed by atoms with E-state index in [0.29, 0.717) is 0 Å². The molecule has 1 N–H and O–H groups in total. The summed E-state index contributed by atoms with van der Waals surface area (Å²) in [5.74, 6) is -0.336. The highest BCUT2D eigenvalue weighted by Crippen LogP contribution is 2.38. The van der Waals surface area contributed by atoms with E-state index < -0.39 is 0 Å². The van der Waals surface area contributed by atoms with Gasteiger partial charge in [-0.15, -0.1) is 11.3 Å². The normalized spacial score (nSPS) is 15.6. The van der Waals surface area contributed by atoms with Crippen molar-refractivity contribution in [2.45, 2.75) is 4.90 Å². The van der Waals surface area contributed by atoms with Crippen LogP contribution in [0.15, 0.2) is 52.3 Å². The van der Waals surface area contributed by atoms with Gasteiger partial charge in [0.1, 0.15) is 0 Å². The summed E-state index contributed by atoms with van der Waals surface area (Å²) in [6, 6.07) is 12.4. The van der Waals surface area contributed by atoms with Gasteiger partial charge >= 0.3 is 5.97 Å². The highest BCUT2D eigenvalue weighted by atomic mass is 32.2. The maximum Gasteiger partial charge on any atom is 0.330 e. The van der Waals surface area contributed by atoms with Gasteiger partial charge < -0.3 is 10.1 Å². The zero-order chi connectivity index (χ0) is 15.4. The molecule has 0 unspecified atom stereocenters. The third-order valence-electron chi connectivity index (χ3n) is 3.12. The largest absolute Gasteiger partial charge is 0.466 e. The Morgan fingerprint density at radius 2 is 2.05 bits per heavy atom. The highest BCUT2D eigenvalue weighted by molar-refractivity contribution is 8.03. The van der Waals surface area contributed by atoms with Gasteiger partial charge in [0.05, 0.1) is 7.11 Å². The van der Waals surface area contributed by atoms with E-state index >= 15 is 0 Å². The van der Waals surface area contributed by atoms with Crippen LogP contribution in [0, 0.1) is 0 Å². The Balaban J connectivity index is 1.73. The van der Waals surface area contributed by atoms with E-state index in [-0.39, 0.29) is 5.97 Å². The second-order valence-corrected chi connectivity index (χ2v) is 6.97. The van der Waals surface area contributed by atoms with Crippen molar-refractivity contribution in [1.29, 1.82) is 0 Å². The fourth-order valence-corrected chi connectivity index (χ4v) is 4.02. The average molecular weight is 329 g/mol. The summed E-state index contributed by atoms with van der Waals surface area (Å²) in [6.45, 7) is 0.840. The van der Waals surface area contributed by atoms with Crippen LogP contribution in [0.1, 0.15) is 9.75 Å². The molecule has 5 heteroatoms. The van der Waals surface area contributed by atoms with Crippen LogP contribution in [-0.4, -0.2) is 19.6 Å². The fraction of sp³-hybridized carbons (Fsp3) is 0.118. The van der Waals surface area contributed by atoms with E-state index in [0.717, 1.165) is 11.4 Å². The number of esters is 1. The van der Waals surface area contributed by atoms with Crippen LogP contribution < -0.4 is 5.32 Å². The van der Waals surface area contributed by atoms with E-state index in [4.69, 9.17) is 0 Å². The molecule has 0 spiro atoms. The van der Waals surface area contributed by atoms with Gasteiger partial charge in [0.25, 0.3) is 0 Å². The Hall–Kier alpha value is -1.98. The number of carbonyl (C=O) groups excluding carboxylic acids is 1. The predicted molar refractivity (Wildman–Crippen MR) is 94.1 cm³/mol. The van der Waals surface area contributed by atoms with Gasteiger partial charge in [-0.1, -0.05) is 23.9 Å². The molecule has 1 aromatic carbocycles. The maximum absolute atomic E-state index is 11.1. The topological polar surface area (TPSA) is 38.3 Å². The minimum absolute atomic E-state index is 0.336. The Morgan fingerprint density at radius 1 is 1.23 bits per heavy atom. The second kappa shape index (κ2) is 6.85. The average Bonchev–Trinajstić information content (AvgIpc) is 3.00. The van der Waals surface area contributed by atoms with E-state index in [1.807, 2.05) is 12.1 Å². The standard InChI is InChI=1S/C17H15NO2S2/c1-20-17(19)9-8-12-6-7-13(21-12)10-14-11-18-15-4-2-3-5-16(15)22-14/h2-10,18H,11H2,1H3/b9-8+,14-10+. The smallest absolute Gasteiger partial charge is 0.330 e. The number of para-hydroxylation sites is 1. The summed E-state index contributed by atoms with van der Waals surface area (Å²) < 4.78 is 4.59. The van der Waals surface area contributed by atoms with Crippen LogP contribution in [0.25, 0.3) is 12.2 Å². The van der Waals surface area contributed by atoms with Crippen LogP contribution in [0.5, 0.6) is 0 Å². The second-order valence-electron chi connectivity index (χ2n) is 4.66. The number of hydrogen-bond acceptors (Lipinski definition) is 5. The number of thioether (sulfide) groups is 1. The molecule has 1 aliphatic rings. The predicted octanol–water partition coefficient (Wildman–Crippen LogP) is 4.49. The molecule has 0 fully saturated rings. The number of carbonyl (C=O) groups is 1. The Kier molecular flexibility index (Phi) is 4.65. The quantitative estimate of drug-likeness (QED) is 0.665. The molecule has 3 rings (SSSR count). The first-order chi connectivity index (χ1) is 10.7. The summed E-state index contributed by atoms with van der Waals surface area (Å²) >= 11 is 3.44. The number of ether oxygens (including phenoxy) is 1. The molecule has 2 aromatic rings. The molecule has 2 heterocycles. The van der Waals surface area contributed by atoms with Gasteiger partial charge in [-0.25, -0.2) is 4.79 Å². The molecule has 0 amide bonds. The minimum atomic E-state index is -0.336. The summed E-state index contributed by atoms with van der Waals surface area (Å²) in [4.78, 5) is 15.8. The molecule has 0 aliphatic carbocycles. The molecule has 3 nitrogen and oxygen atoms in total. The lowest BCUT2D eigenvalue weighted by molar-refractivity contribution is -0.134. The van der Waals surface area contributed by atoms with Crippen molar-refractivity contribution in [3.63, 3.8) is 0 Å². The van der Waals surface area contributed by atoms with Gasteiger partial charge in [-0.05, 0) is 36.4 Å². The molecule has 0 radical (unpaired) electrons. The van der Waals surface area contributed by atoms with Crippen LogP contribution >= 0.6 is 23.1 Å². The third kappa shape index (κ3) is 3.61.